The topological polar surface area (TPSA) is 64.4 Å². The lowest BCUT2D eigenvalue weighted by atomic mass is 9.88. The molecule has 2 amide bonds. The fourth-order valence-electron chi connectivity index (χ4n) is 3.40. The molecule has 5 heteroatoms. The fraction of sp³-hybridized carbons (Fsp3) is 0.812. The van der Waals surface area contributed by atoms with Crippen LogP contribution >= 0.6 is 0 Å². The van der Waals surface area contributed by atoms with Crippen LogP contribution < -0.4 is 0 Å². The molecule has 2 aliphatic rings. The molecule has 1 saturated carbocycles. The second-order valence-corrected chi connectivity index (χ2v) is 6.28. The standard InChI is InChI=1S/C16H25N3O2/c1-12(15(20)19-10-6-9-14(19)11-17)18(2)16(21)13-7-4-3-5-8-13/h12-14H,3-10H2,1-2H3/t12-,14-/m0/s1. The van der Waals surface area contributed by atoms with Crippen LogP contribution in [0.5, 0.6) is 0 Å². The molecule has 116 valence electrons. The van der Waals surface area contributed by atoms with Crippen molar-refractivity contribution in [3.63, 3.8) is 0 Å². The summed E-state index contributed by atoms with van der Waals surface area (Å²) in [6.07, 6.45) is 6.92. The van der Waals surface area contributed by atoms with Gasteiger partial charge in [-0.3, -0.25) is 9.59 Å². The van der Waals surface area contributed by atoms with Gasteiger partial charge in [-0.05, 0) is 32.6 Å². The summed E-state index contributed by atoms with van der Waals surface area (Å²) < 4.78 is 0. The van der Waals surface area contributed by atoms with Crippen molar-refractivity contribution in [1.82, 2.24) is 9.80 Å². The van der Waals surface area contributed by atoms with E-state index in [9.17, 15) is 9.59 Å². The lowest BCUT2D eigenvalue weighted by molar-refractivity contribution is -0.146. The largest absolute Gasteiger partial charge is 0.334 e. The molecule has 1 aliphatic heterocycles. The zero-order valence-electron chi connectivity index (χ0n) is 13.0. The van der Waals surface area contributed by atoms with Gasteiger partial charge in [-0.2, -0.15) is 5.26 Å². The van der Waals surface area contributed by atoms with E-state index in [2.05, 4.69) is 6.07 Å². The van der Waals surface area contributed by atoms with E-state index < -0.39 is 6.04 Å². The summed E-state index contributed by atoms with van der Waals surface area (Å²) in [6, 6.07) is 1.38. The fourth-order valence-corrected chi connectivity index (χ4v) is 3.40. The van der Waals surface area contributed by atoms with Gasteiger partial charge in [-0.25, -0.2) is 0 Å². The smallest absolute Gasteiger partial charge is 0.246 e. The molecule has 2 atom stereocenters. The maximum absolute atomic E-state index is 12.5. The maximum Gasteiger partial charge on any atom is 0.246 e. The van der Waals surface area contributed by atoms with Crippen molar-refractivity contribution < 1.29 is 9.59 Å². The zero-order chi connectivity index (χ0) is 15.4. The molecular formula is C16H25N3O2. The van der Waals surface area contributed by atoms with Gasteiger partial charge < -0.3 is 9.80 Å². The molecule has 0 unspecified atom stereocenters. The molecule has 0 aromatic rings. The number of nitrogens with zero attached hydrogens (tertiary/aromatic N) is 3. The molecule has 1 saturated heterocycles. The minimum absolute atomic E-state index is 0.0735. The molecule has 0 N–H and O–H groups in total. The molecule has 2 rings (SSSR count). The molecule has 0 bridgehead atoms. The molecule has 0 spiro atoms. The van der Waals surface area contributed by atoms with Crippen LogP contribution in [0.1, 0.15) is 51.9 Å². The van der Waals surface area contributed by atoms with Gasteiger partial charge in [0.15, 0.2) is 0 Å². The number of carbonyl (C=O) groups excluding carboxylic acids is 2. The van der Waals surface area contributed by atoms with Crippen LogP contribution in [0.25, 0.3) is 0 Å². The van der Waals surface area contributed by atoms with Crippen molar-refractivity contribution in [1.29, 1.82) is 5.26 Å². The first-order valence-electron chi connectivity index (χ1n) is 8.03. The highest BCUT2D eigenvalue weighted by atomic mass is 16.2. The molecule has 0 aromatic carbocycles. The number of amides is 2. The Morgan fingerprint density at radius 3 is 2.48 bits per heavy atom. The normalized spacial score (nSPS) is 24.4. The van der Waals surface area contributed by atoms with Crippen LogP contribution in [-0.2, 0) is 9.59 Å². The number of hydrogen-bond donors (Lipinski definition) is 0. The first-order valence-corrected chi connectivity index (χ1v) is 8.03. The van der Waals surface area contributed by atoms with Crippen molar-refractivity contribution >= 4 is 11.8 Å². The maximum atomic E-state index is 12.5. The van der Waals surface area contributed by atoms with Crippen LogP contribution in [0.2, 0.25) is 0 Å². The molecule has 0 aromatic heterocycles. The highest BCUT2D eigenvalue weighted by molar-refractivity contribution is 5.88. The van der Waals surface area contributed by atoms with E-state index in [0.29, 0.717) is 6.54 Å². The van der Waals surface area contributed by atoms with Gasteiger partial charge in [0, 0.05) is 19.5 Å². The van der Waals surface area contributed by atoms with Gasteiger partial charge in [-0.1, -0.05) is 19.3 Å². The van der Waals surface area contributed by atoms with Gasteiger partial charge in [0.05, 0.1) is 6.07 Å². The summed E-state index contributed by atoms with van der Waals surface area (Å²) in [5.74, 6) is 0.0679. The Morgan fingerprint density at radius 1 is 1.19 bits per heavy atom. The second-order valence-electron chi connectivity index (χ2n) is 6.28. The summed E-state index contributed by atoms with van der Waals surface area (Å²) >= 11 is 0. The Bertz CT molecular complexity index is 437. The minimum Gasteiger partial charge on any atom is -0.334 e. The van der Waals surface area contributed by atoms with Crippen LogP contribution in [0.15, 0.2) is 0 Å². The van der Waals surface area contributed by atoms with Crippen LogP contribution in [0.3, 0.4) is 0 Å². The number of nitriles is 1. The Hall–Kier alpha value is -1.57. The molecule has 21 heavy (non-hydrogen) atoms. The second kappa shape index (κ2) is 6.93. The van der Waals surface area contributed by atoms with E-state index >= 15 is 0 Å². The highest BCUT2D eigenvalue weighted by Crippen LogP contribution is 2.26. The third kappa shape index (κ3) is 3.37. The molecule has 1 aliphatic carbocycles. The number of carbonyl (C=O) groups is 2. The average molecular weight is 291 g/mol. The first-order chi connectivity index (χ1) is 10.1. The number of hydrogen-bond acceptors (Lipinski definition) is 3. The van der Waals surface area contributed by atoms with E-state index in [1.165, 1.54) is 6.42 Å². The van der Waals surface area contributed by atoms with E-state index in [1.54, 1.807) is 23.8 Å². The summed E-state index contributed by atoms with van der Waals surface area (Å²) in [5, 5.41) is 9.09. The van der Waals surface area contributed by atoms with Gasteiger partial charge in [0.2, 0.25) is 11.8 Å². The number of likely N-dealkylation sites (N-methyl/N-ethyl adjacent to an activating group) is 1. The summed E-state index contributed by atoms with van der Waals surface area (Å²) in [4.78, 5) is 28.2. The van der Waals surface area contributed by atoms with Crippen molar-refractivity contribution in [3.05, 3.63) is 0 Å². The van der Waals surface area contributed by atoms with Crippen molar-refractivity contribution in [2.24, 2.45) is 5.92 Å². The van der Waals surface area contributed by atoms with Crippen molar-refractivity contribution in [3.8, 4) is 6.07 Å². The first kappa shape index (κ1) is 15.8. The van der Waals surface area contributed by atoms with Gasteiger partial charge >= 0.3 is 0 Å². The Kier molecular flexibility index (Phi) is 5.22. The summed E-state index contributed by atoms with van der Waals surface area (Å²) in [5.41, 5.74) is 0. The van der Waals surface area contributed by atoms with Gasteiger partial charge in [0.25, 0.3) is 0 Å². The molecular weight excluding hydrogens is 266 g/mol. The van der Waals surface area contributed by atoms with Crippen LogP contribution in [0.4, 0.5) is 0 Å². The van der Waals surface area contributed by atoms with E-state index in [0.717, 1.165) is 38.5 Å². The Labute approximate surface area is 126 Å². The van der Waals surface area contributed by atoms with E-state index in [1.807, 2.05) is 0 Å². The third-order valence-corrected chi connectivity index (χ3v) is 4.93. The average Bonchev–Trinajstić information content (AvgIpc) is 3.01. The van der Waals surface area contributed by atoms with Crippen LogP contribution in [0, 0.1) is 17.2 Å². The van der Waals surface area contributed by atoms with E-state index in [4.69, 9.17) is 5.26 Å². The lowest BCUT2D eigenvalue weighted by Crippen LogP contribution is -2.50. The van der Waals surface area contributed by atoms with Gasteiger partial charge in [0.1, 0.15) is 12.1 Å². The summed E-state index contributed by atoms with van der Waals surface area (Å²) in [6.45, 7) is 2.41. The lowest BCUT2D eigenvalue weighted by Gasteiger charge is -2.32. The zero-order valence-corrected chi connectivity index (χ0v) is 13.0. The monoisotopic (exact) mass is 291 g/mol. The van der Waals surface area contributed by atoms with Crippen molar-refractivity contribution in [2.45, 2.75) is 64.0 Å². The van der Waals surface area contributed by atoms with Gasteiger partial charge in [-0.15, -0.1) is 0 Å². The SMILES string of the molecule is C[C@@H](C(=O)N1CCC[C@H]1C#N)N(C)C(=O)C1CCCCC1. The molecule has 5 nitrogen and oxygen atoms in total. The Balaban J connectivity index is 1.97. The number of rotatable bonds is 3. The molecule has 2 fully saturated rings. The highest BCUT2D eigenvalue weighted by Gasteiger charge is 2.35. The van der Waals surface area contributed by atoms with E-state index in [-0.39, 0.29) is 23.8 Å². The Morgan fingerprint density at radius 2 is 1.86 bits per heavy atom. The number of likely N-dealkylation sites (tertiary alicyclic amines) is 1. The predicted octanol–water partition coefficient (Wildman–Crippen LogP) is 1.93. The van der Waals surface area contributed by atoms with Crippen molar-refractivity contribution in [2.75, 3.05) is 13.6 Å². The van der Waals surface area contributed by atoms with Crippen LogP contribution in [-0.4, -0.2) is 47.3 Å². The molecule has 1 heterocycles. The minimum atomic E-state index is -0.478. The quantitative estimate of drug-likeness (QED) is 0.798. The molecule has 0 radical (unpaired) electrons. The third-order valence-electron chi connectivity index (χ3n) is 4.93. The summed E-state index contributed by atoms with van der Waals surface area (Å²) in [7, 11) is 1.72. The predicted molar refractivity (Wildman–Crippen MR) is 79.2 cm³/mol.